The van der Waals surface area contributed by atoms with Crippen LogP contribution in [0.25, 0.3) is 0 Å². The van der Waals surface area contributed by atoms with Gasteiger partial charge in [-0.05, 0) is 25.5 Å². The number of aliphatic hydroxyl groups excluding tert-OH is 1. The van der Waals surface area contributed by atoms with E-state index >= 15 is 0 Å². The van der Waals surface area contributed by atoms with Gasteiger partial charge in [-0.25, -0.2) is 19.9 Å². The minimum absolute atomic E-state index is 0.184. The standard InChI is InChI=1S/C23H28ClN7O2S/c1-15-5-4-6-17(24)21(15)29-22(33-3)18-14-25-23(34-18)28-19-13-20(27-16(2)26-19)31-9-7-30(8-10-31)11-12-32/h4-6,13-14,32H,7-12H2,1-3H3,(H,25,26,27,28). The summed E-state index contributed by atoms with van der Waals surface area (Å²) in [6.07, 6.45) is 1.72. The third kappa shape index (κ3) is 5.82. The molecule has 0 radical (unpaired) electrons. The number of thiazole rings is 1. The van der Waals surface area contributed by atoms with E-state index in [1.54, 1.807) is 13.3 Å². The van der Waals surface area contributed by atoms with Crippen LogP contribution < -0.4 is 10.2 Å². The number of aliphatic imine (C=N–C) groups is 1. The van der Waals surface area contributed by atoms with Crippen molar-refractivity contribution in [3.63, 3.8) is 0 Å². The molecule has 0 bridgehead atoms. The fourth-order valence-corrected chi connectivity index (χ4v) is 4.78. The lowest BCUT2D eigenvalue weighted by Crippen LogP contribution is -2.47. The predicted octanol–water partition coefficient (Wildman–Crippen LogP) is 3.79. The van der Waals surface area contributed by atoms with E-state index in [0.717, 1.165) is 42.4 Å². The number of β-amino-alcohol motifs (C(OH)–C–C–N with tert-alkyl or cyclic N) is 1. The molecule has 3 heterocycles. The molecule has 3 aromatic rings. The van der Waals surface area contributed by atoms with Crippen LogP contribution in [0.3, 0.4) is 0 Å². The predicted molar refractivity (Wildman–Crippen MR) is 137 cm³/mol. The average Bonchev–Trinajstić information content (AvgIpc) is 3.27. The van der Waals surface area contributed by atoms with Gasteiger partial charge in [0.25, 0.3) is 0 Å². The molecule has 1 saturated heterocycles. The zero-order chi connectivity index (χ0) is 24.1. The first-order valence-corrected chi connectivity index (χ1v) is 12.2. The first-order chi connectivity index (χ1) is 16.5. The van der Waals surface area contributed by atoms with Crippen molar-refractivity contribution in [1.82, 2.24) is 19.9 Å². The average molecular weight is 502 g/mol. The van der Waals surface area contributed by atoms with E-state index in [-0.39, 0.29) is 6.61 Å². The Hall–Kier alpha value is -2.79. The third-order valence-corrected chi connectivity index (χ3v) is 6.69. The van der Waals surface area contributed by atoms with E-state index in [9.17, 15) is 0 Å². The minimum atomic E-state index is 0.184. The molecular formula is C23H28ClN7O2S. The van der Waals surface area contributed by atoms with Crippen LogP contribution in [-0.4, -0.2) is 77.3 Å². The van der Waals surface area contributed by atoms with Crippen LogP contribution >= 0.6 is 22.9 Å². The van der Waals surface area contributed by atoms with Crippen molar-refractivity contribution < 1.29 is 9.84 Å². The van der Waals surface area contributed by atoms with E-state index in [2.05, 4.69) is 35.1 Å². The second kappa shape index (κ2) is 11.1. The molecule has 1 aliphatic rings. The molecule has 0 spiro atoms. The van der Waals surface area contributed by atoms with Crippen molar-refractivity contribution in [3.8, 4) is 0 Å². The molecule has 34 heavy (non-hydrogen) atoms. The molecule has 11 heteroatoms. The van der Waals surface area contributed by atoms with Gasteiger partial charge in [0.15, 0.2) is 5.13 Å². The molecule has 4 rings (SSSR count). The van der Waals surface area contributed by atoms with E-state index < -0.39 is 0 Å². The SMILES string of the molecule is COC(=Nc1c(C)cccc1Cl)c1cnc(Nc2cc(N3CCN(CCO)CC3)nc(C)n2)s1. The lowest BCUT2D eigenvalue weighted by atomic mass is 10.2. The fraction of sp³-hybridized carbons (Fsp3) is 0.391. The Bertz CT molecular complexity index is 1140. The van der Waals surface area contributed by atoms with Gasteiger partial charge in [0, 0.05) is 38.8 Å². The zero-order valence-electron chi connectivity index (χ0n) is 19.5. The molecular weight excluding hydrogens is 474 g/mol. The number of piperazine rings is 1. The van der Waals surface area contributed by atoms with Crippen molar-refractivity contribution in [2.24, 2.45) is 4.99 Å². The number of hydrogen-bond acceptors (Lipinski definition) is 10. The van der Waals surface area contributed by atoms with Gasteiger partial charge in [0.05, 0.1) is 30.6 Å². The van der Waals surface area contributed by atoms with Crippen LogP contribution in [0.5, 0.6) is 0 Å². The third-order valence-electron chi connectivity index (χ3n) is 5.48. The highest BCUT2D eigenvalue weighted by molar-refractivity contribution is 7.17. The van der Waals surface area contributed by atoms with Gasteiger partial charge in [0.1, 0.15) is 22.3 Å². The van der Waals surface area contributed by atoms with Crippen molar-refractivity contribution in [2.45, 2.75) is 13.8 Å². The van der Waals surface area contributed by atoms with E-state index in [1.807, 2.05) is 38.1 Å². The Morgan fingerprint density at radius 3 is 2.74 bits per heavy atom. The van der Waals surface area contributed by atoms with Crippen LogP contribution in [0.15, 0.2) is 35.5 Å². The van der Waals surface area contributed by atoms with Crippen molar-refractivity contribution >= 4 is 51.3 Å². The number of halogens is 1. The number of hydrogen-bond donors (Lipinski definition) is 2. The van der Waals surface area contributed by atoms with Crippen molar-refractivity contribution in [1.29, 1.82) is 0 Å². The number of rotatable bonds is 7. The first-order valence-electron chi connectivity index (χ1n) is 11.0. The molecule has 1 fully saturated rings. The van der Waals surface area contributed by atoms with Gasteiger partial charge in [-0.2, -0.15) is 0 Å². The minimum Gasteiger partial charge on any atom is -0.480 e. The quantitative estimate of drug-likeness (QED) is 0.372. The molecule has 9 nitrogen and oxygen atoms in total. The molecule has 0 atom stereocenters. The van der Waals surface area contributed by atoms with Crippen LogP contribution in [0.4, 0.5) is 22.5 Å². The number of para-hydroxylation sites is 1. The first kappa shape index (κ1) is 24.3. The number of methoxy groups -OCH3 is 1. The van der Waals surface area contributed by atoms with Gasteiger partial charge in [-0.15, -0.1) is 0 Å². The lowest BCUT2D eigenvalue weighted by Gasteiger charge is -2.35. The van der Waals surface area contributed by atoms with Crippen LogP contribution in [-0.2, 0) is 4.74 Å². The maximum Gasteiger partial charge on any atom is 0.233 e. The van der Waals surface area contributed by atoms with Crippen molar-refractivity contribution in [2.75, 3.05) is 56.7 Å². The molecule has 0 aliphatic carbocycles. The Morgan fingerprint density at radius 1 is 1.24 bits per heavy atom. The Labute approximate surface area is 208 Å². The molecule has 0 amide bonds. The van der Waals surface area contributed by atoms with E-state index in [0.29, 0.717) is 39.9 Å². The molecule has 0 saturated carbocycles. The number of nitrogens with one attached hydrogen (secondary N) is 1. The Morgan fingerprint density at radius 2 is 2.03 bits per heavy atom. The summed E-state index contributed by atoms with van der Waals surface area (Å²) < 4.78 is 5.54. The summed E-state index contributed by atoms with van der Waals surface area (Å²) in [6.45, 7) is 8.23. The summed E-state index contributed by atoms with van der Waals surface area (Å²) in [6, 6.07) is 7.60. The fourth-order valence-electron chi connectivity index (χ4n) is 3.73. The molecule has 2 aromatic heterocycles. The number of aryl methyl sites for hydroxylation is 2. The lowest BCUT2D eigenvalue weighted by molar-refractivity contribution is 0.188. The number of aliphatic hydroxyl groups is 1. The summed E-state index contributed by atoms with van der Waals surface area (Å²) in [5, 5.41) is 13.7. The molecule has 1 aromatic carbocycles. The van der Waals surface area contributed by atoms with Gasteiger partial charge < -0.3 is 20.1 Å². The number of anilines is 3. The van der Waals surface area contributed by atoms with Gasteiger partial charge in [0.2, 0.25) is 5.90 Å². The number of benzene rings is 1. The maximum absolute atomic E-state index is 9.15. The smallest absolute Gasteiger partial charge is 0.233 e. The van der Waals surface area contributed by atoms with Crippen LogP contribution in [0.1, 0.15) is 16.3 Å². The molecule has 1 aliphatic heterocycles. The summed E-state index contributed by atoms with van der Waals surface area (Å²) in [5.74, 6) is 2.69. The van der Waals surface area contributed by atoms with Crippen molar-refractivity contribution in [3.05, 3.63) is 51.7 Å². The van der Waals surface area contributed by atoms with Gasteiger partial charge in [-0.3, -0.25) is 4.90 Å². The monoisotopic (exact) mass is 501 g/mol. The second-order valence-corrected chi connectivity index (χ2v) is 9.33. The summed E-state index contributed by atoms with van der Waals surface area (Å²) in [4.78, 5) is 23.5. The molecule has 0 unspecified atom stereocenters. The largest absolute Gasteiger partial charge is 0.480 e. The van der Waals surface area contributed by atoms with Gasteiger partial charge in [-0.1, -0.05) is 35.1 Å². The molecule has 180 valence electrons. The Balaban J connectivity index is 1.50. The highest BCUT2D eigenvalue weighted by Crippen LogP contribution is 2.31. The second-order valence-electron chi connectivity index (χ2n) is 7.89. The van der Waals surface area contributed by atoms with Crippen LogP contribution in [0.2, 0.25) is 5.02 Å². The summed E-state index contributed by atoms with van der Waals surface area (Å²) >= 11 is 7.75. The summed E-state index contributed by atoms with van der Waals surface area (Å²) in [5.41, 5.74) is 1.64. The van der Waals surface area contributed by atoms with Gasteiger partial charge >= 0.3 is 0 Å². The normalized spacial score (nSPS) is 15.0. The maximum atomic E-state index is 9.15. The Kier molecular flexibility index (Phi) is 7.94. The zero-order valence-corrected chi connectivity index (χ0v) is 21.0. The van der Waals surface area contributed by atoms with E-state index in [4.69, 9.17) is 21.4 Å². The highest BCUT2D eigenvalue weighted by Gasteiger charge is 2.19. The summed E-state index contributed by atoms with van der Waals surface area (Å²) in [7, 11) is 1.58. The molecule has 2 N–H and O–H groups in total. The van der Waals surface area contributed by atoms with Crippen LogP contribution in [0, 0.1) is 13.8 Å². The number of aromatic nitrogens is 3. The number of ether oxygens (including phenoxy) is 1. The topological polar surface area (TPSA) is 99.0 Å². The number of nitrogens with zero attached hydrogens (tertiary/aromatic N) is 6. The van der Waals surface area contributed by atoms with E-state index in [1.165, 1.54) is 11.3 Å². The highest BCUT2D eigenvalue weighted by atomic mass is 35.5.